The van der Waals surface area contributed by atoms with Crippen molar-refractivity contribution in [3.8, 4) is 17.5 Å². The number of rotatable bonds is 6. The summed E-state index contributed by atoms with van der Waals surface area (Å²) < 4.78 is 1.46. The molecule has 1 aromatic heterocycles. The smallest absolute Gasteiger partial charge is 0.234 e. The first-order valence-corrected chi connectivity index (χ1v) is 12.5. The van der Waals surface area contributed by atoms with Crippen LogP contribution in [0.2, 0.25) is 15.1 Å². The zero-order chi connectivity index (χ0) is 24.5. The molecule has 2 aromatic carbocycles. The van der Waals surface area contributed by atoms with Crippen LogP contribution in [-0.4, -0.2) is 42.6 Å². The molecule has 1 heterocycles. The quantitative estimate of drug-likeness (QED) is 0.326. The third-order valence-corrected chi connectivity index (χ3v) is 6.70. The fourth-order valence-corrected chi connectivity index (χ4v) is 4.55. The second-order valence-electron chi connectivity index (χ2n) is 8.31. The summed E-state index contributed by atoms with van der Waals surface area (Å²) in [6.45, 7) is 3.19. The monoisotopic (exact) mass is 535 g/mol. The molecule has 11 heteroatoms. The Balaban J connectivity index is 1.42. The number of benzene rings is 2. The maximum atomic E-state index is 12.5. The van der Waals surface area contributed by atoms with E-state index in [1.54, 1.807) is 38.1 Å². The van der Waals surface area contributed by atoms with Gasteiger partial charge in [0.05, 0.1) is 27.2 Å². The van der Waals surface area contributed by atoms with Crippen LogP contribution >= 0.6 is 46.6 Å². The second-order valence-corrected chi connectivity index (χ2v) is 10.5. The molecule has 176 valence electrons. The molecule has 1 amide bonds. The summed E-state index contributed by atoms with van der Waals surface area (Å²) in [6.07, 6.45) is 2.22. The molecule has 0 aliphatic heterocycles. The van der Waals surface area contributed by atoms with Gasteiger partial charge in [0.25, 0.3) is 0 Å². The number of nitrogens with zero attached hydrogens (tertiary/aromatic N) is 4. The third-order valence-electron chi connectivity index (χ3n) is 4.84. The second kappa shape index (κ2) is 10.1. The SMILES string of the molecule is CC(C)(O)C#Cc1ccc(NC(=O)CSc2nnnn2-c2cc(Cl)c(C3CC3)cc2Cl)c(Cl)c1. The number of nitrogens with one attached hydrogen (secondary N) is 1. The lowest BCUT2D eigenvalue weighted by atomic mass is 10.1. The average Bonchev–Trinajstić information content (AvgIpc) is 3.51. The maximum Gasteiger partial charge on any atom is 0.234 e. The fraction of sp³-hybridized carbons (Fsp3) is 0.304. The van der Waals surface area contributed by atoms with Crippen LogP contribution in [0.4, 0.5) is 5.69 Å². The van der Waals surface area contributed by atoms with E-state index >= 15 is 0 Å². The number of carbonyl (C=O) groups excluding carboxylic acids is 1. The topological polar surface area (TPSA) is 92.9 Å². The van der Waals surface area contributed by atoms with Crippen LogP contribution in [0.25, 0.3) is 5.69 Å². The third kappa shape index (κ3) is 6.23. The Hall–Kier alpha value is -2.28. The highest BCUT2D eigenvalue weighted by molar-refractivity contribution is 7.99. The summed E-state index contributed by atoms with van der Waals surface area (Å²) in [7, 11) is 0. The highest BCUT2D eigenvalue weighted by atomic mass is 35.5. The van der Waals surface area contributed by atoms with Crippen LogP contribution in [0.15, 0.2) is 35.5 Å². The summed E-state index contributed by atoms with van der Waals surface area (Å²) in [6, 6.07) is 8.61. The van der Waals surface area contributed by atoms with E-state index in [0.717, 1.165) is 30.2 Å². The highest BCUT2D eigenvalue weighted by Gasteiger charge is 2.27. The Morgan fingerprint density at radius 1 is 1.21 bits per heavy atom. The maximum absolute atomic E-state index is 12.5. The largest absolute Gasteiger partial charge is 0.378 e. The Labute approximate surface area is 216 Å². The van der Waals surface area contributed by atoms with Gasteiger partial charge in [0, 0.05) is 10.6 Å². The van der Waals surface area contributed by atoms with E-state index in [0.29, 0.717) is 43.1 Å². The van der Waals surface area contributed by atoms with Gasteiger partial charge in [0.2, 0.25) is 11.1 Å². The van der Waals surface area contributed by atoms with Crippen LogP contribution in [0.1, 0.15) is 43.7 Å². The molecule has 3 aromatic rings. The predicted octanol–water partition coefficient (Wildman–Crippen LogP) is 5.35. The lowest BCUT2D eigenvalue weighted by Gasteiger charge is -2.11. The number of halogens is 3. The van der Waals surface area contributed by atoms with Crippen molar-refractivity contribution in [3.63, 3.8) is 0 Å². The summed E-state index contributed by atoms with van der Waals surface area (Å²) in [5, 5.41) is 26.1. The summed E-state index contributed by atoms with van der Waals surface area (Å²) in [4.78, 5) is 12.5. The lowest BCUT2D eigenvalue weighted by molar-refractivity contribution is -0.113. The minimum absolute atomic E-state index is 0.0441. The molecule has 0 radical (unpaired) electrons. The van der Waals surface area contributed by atoms with Crippen molar-refractivity contribution in [2.75, 3.05) is 11.1 Å². The first kappa shape index (κ1) is 24.8. The van der Waals surface area contributed by atoms with Crippen molar-refractivity contribution in [1.29, 1.82) is 0 Å². The number of thioether (sulfide) groups is 1. The molecule has 4 rings (SSSR count). The van der Waals surface area contributed by atoms with E-state index in [1.165, 1.54) is 4.68 Å². The molecule has 1 saturated carbocycles. The lowest BCUT2D eigenvalue weighted by Crippen LogP contribution is -2.15. The molecular weight excluding hydrogens is 517 g/mol. The molecular formula is C23H20Cl3N5O2S. The van der Waals surface area contributed by atoms with Crippen molar-refractivity contribution in [2.45, 2.75) is 43.4 Å². The number of aliphatic hydroxyl groups is 1. The zero-order valence-electron chi connectivity index (χ0n) is 18.3. The molecule has 1 fully saturated rings. The van der Waals surface area contributed by atoms with Crippen LogP contribution in [-0.2, 0) is 4.79 Å². The van der Waals surface area contributed by atoms with Gasteiger partial charge in [0.1, 0.15) is 5.60 Å². The molecule has 34 heavy (non-hydrogen) atoms. The van der Waals surface area contributed by atoms with Crippen molar-refractivity contribution in [2.24, 2.45) is 0 Å². The van der Waals surface area contributed by atoms with Crippen molar-refractivity contribution < 1.29 is 9.90 Å². The Kier molecular flexibility index (Phi) is 7.41. The number of aromatic nitrogens is 4. The van der Waals surface area contributed by atoms with Crippen LogP contribution in [0, 0.1) is 11.8 Å². The van der Waals surface area contributed by atoms with Gasteiger partial charge in [-0.15, -0.1) is 5.10 Å². The molecule has 1 aliphatic rings. The molecule has 0 saturated heterocycles. The molecule has 0 spiro atoms. The van der Waals surface area contributed by atoms with Crippen molar-refractivity contribution in [1.82, 2.24) is 20.2 Å². The number of carbonyl (C=O) groups is 1. The molecule has 7 nitrogen and oxygen atoms in total. The van der Waals surface area contributed by atoms with Gasteiger partial charge >= 0.3 is 0 Å². The minimum atomic E-state index is -1.11. The van der Waals surface area contributed by atoms with Gasteiger partial charge in [-0.2, -0.15) is 4.68 Å². The Bertz CT molecular complexity index is 1310. The van der Waals surface area contributed by atoms with E-state index in [4.69, 9.17) is 34.8 Å². The van der Waals surface area contributed by atoms with E-state index in [1.807, 2.05) is 6.07 Å². The van der Waals surface area contributed by atoms with Crippen molar-refractivity contribution in [3.05, 3.63) is 56.5 Å². The minimum Gasteiger partial charge on any atom is -0.378 e. The van der Waals surface area contributed by atoms with E-state index in [-0.39, 0.29) is 11.7 Å². The number of hydrogen-bond acceptors (Lipinski definition) is 6. The summed E-state index contributed by atoms with van der Waals surface area (Å²) >= 11 is 20.4. The Morgan fingerprint density at radius 2 is 1.97 bits per heavy atom. The van der Waals surface area contributed by atoms with Crippen LogP contribution < -0.4 is 5.32 Å². The molecule has 0 bridgehead atoms. The predicted molar refractivity (Wildman–Crippen MR) is 135 cm³/mol. The van der Waals surface area contributed by atoms with E-state index in [9.17, 15) is 9.90 Å². The molecule has 1 aliphatic carbocycles. The standard InChI is InChI=1S/C23H20Cl3N5O2S/c1-23(2,33)8-7-13-3-6-19(17(25)9-13)27-21(32)12-34-22-28-29-30-31(22)20-11-16(24)15(10-18(20)26)14-4-5-14/h3,6,9-11,14,33H,4-5,12H2,1-2H3,(H,27,32). The van der Waals surface area contributed by atoms with Crippen molar-refractivity contribution >= 4 is 58.2 Å². The number of hydrogen-bond donors (Lipinski definition) is 2. The first-order chi connectivity index (χ1) is 16.1. The zero-order valence-corrected chi connectivity index (χ0v) is 21.4. The van der Waals surface area contributed by atoms with Gasteiger partial charge in [-0.3, -0.25) is 4.79 Å². The van der Waals surface area contributed by atoms with Gasteiger partial charge < -0.3 is 10.4 Å². The van der Waals surface area contributed by atoms with Gasteiger partial charge in [-0.25, -0.2) is 0 Å². The van der Waals surface area contributed by atoms with Gasteiger partial charge in [-0.05, 0) is 78.9 Å². The summed E-state index contributed by atoms with van der Waals surface area (Å²) in [5.74, 6) is 5.78. The summed E-state index contributed by atoms with van der Waals surface area (Å²) in [5.41, 5.74) is 1.55. The number of amides is 1. The van der Waals surface area contributed by atoms with Gasteiger partial charge in [0.15, 0.2) is 0 Å². The first-order valence-electron chi connectivity index (χ1n) is 10.4. The number of anilines is 1. The highest BCUT2D eigenvalue weighted by Crippen LogP contribution is 2.45. The average molecular weight is 537 g/mol. The normalized spacial score (nSPS) is 13.4. The molecule has 0 atom stereocenters. The van der Waals surface area contributed by atoms with E-state index in [2.05, 4.69) is 32.7 Å². The van der Waals surface area contributed by atoms with Gasteiger partial charge in [-0.1, -0.05) is 58.4 Å². The number of tetrazole rings is 1. The fourth-order valence-electron chi connectivity index (χ4n) is 3.08. The van der Waals surface area contributed by atoms with Crippen LogP contribution in [0.3, 0.4) is 0 Å². The van der Waals surface area contributed by atoms with E-state index < -0.39 is 5.60 Å². The molecule has 2 N–H and O–H groups in total. The Morgan fingerprint density at radius 3 is 2.65 bits per heavy atom. The van der Waals surface area contributed by atoms with Crippen LogP contribution in [0.5, 0.6) is 0 Å². The molecule has 0 unspecified atom stereocenters.